The highest BCUT2D eigenvalue weighted by Crippen LogP contribution is 2.40. The highest BCUT2D eigenvalue weighted by Gasteiger charge is 2.41. The Bertz CT molecular complexity index is 395. The summed E-state index contributed by atoms with van der Waals surface area (Å²) in [6.45, 7) is 0. The Hall–Kier alpha value is -1.01. The molecule has 5 nitrogen and oxygen atoms in total. The zero-order valence-corrected chi connectivity index (χ0v) is 9.92. The van der Waals surface area contributed by atoms with E-state index in [-0.39, 0.29) is 0 Å². The molecule has 88 valence electrons. The number of hydrogen-bond acceptors (Lipinski definition) is 6. The van der Waals surface area contributed by atoms with Gasteiger partial charge in [-0.25, -0.2) is 0 Å². The van der Waals surface area contributed by atoms with E-state index < -0.39 is 0 Å². The quantitative estimate of drug-likeness (QED) is 0.838. The van der Waals surface area contributed by atoms with Gasteiger partial charge < -0.3 is 20.5 Å². The highest BCUT2D eigenvalue weighted by atomic mass is 32.1. The molecule has 3 heterocycles. The van der Waals surface area contributed by atoms with Crippen LogP contribution in [-0.2, 0) is 4.74 Å². The SMILES string of the molecule is COc1c(N)nsc1NC1CC2CCC1O2. The maximum absolute atomic E-state index is 5.79. The predicted molar refractivity (Wildman–Crippen MR) is 63.0 cm³/mol. The second-order valence-corrected chi connectivity index (χ2v) is 5.06. The summed E-state index contributed by atoms with van der Waals surface area (Å²) in [6.07, 6.45) is 4.21. The van der Waals surface area contributed by atoms with Gasteiger partial charge in [0, 0.05) is 0 Å². The molecule has 2 aliphatic rings. The van der Waals surface area contributed by atoms with E-state index in [1.807, 2.05) is 0 Å². The minimum atomic E-state index is 0.345. The molecule has 3 N–H and O–H groups in total. The van der Waals surface area contributed by atoms with E-state index in [1.54, 1.807) is 7.11 Å². The first-order valence-electron chi connectivity index (χ1n) is 5.49. The summed E-state index contributed by atoms with van der Waals surface area (Å²) in [5.41, 5.74) is 5.71. The number of nitrogens with zero attached hydrogens (tertiary/aromatic N) is 1. The largest absolute Gasteiger partial charge is 0.490 e. The molecular formula is C10H15N3O2S. The Labute approximate surface area is 98.1 Å². The molecule has 6 heteroatoms. The fourth-order valence-corrected chi connectivity index (χ4v) is 3.29. The molecule has 3 rings (SSSR count). The smallest absolute Gasteiger partial charge is 0.197 e. The molecular weight excluding hydrogens is 226 g/mol. The Kier molecular flexibility index (Phi) is 2.40. The molecule has 3 unspecified atom stereocenters. The summed E-state index contributed by atoms with van der Waals surface area (Å²) in [7, 11) is 1.61. The number of anilines is 2. The molecule has 1 aromatic rings. The monoisotopic (exact) mass is 241 g/mol. The van der Waals surface area contributed by atoms with Crippen LogP contribution in [0.4, 0.5) is 10.8 Å². The number of nitrogen functional groups attached to an aromatic ring is 1. The van der Waals surface area contributed by atoms with Gasteiger partial charge in [-0.1, -0.05) is 0 Å². The van der Waals surface area contributed by atoms with Gasteiger partial charge in [0.25, 0.3) is 0 Å². The van der Waals surface area contributed by atoms with Crippen LogP contribution in [0.5, 0.6) is 5.75 Å². The van der Waals surface area contributed by atoms with Crippen LogP contribution >= 0.6 is 11.5 Å². The third-order valence-electron chi connectivity index (χ3n) is 3.30. The Morgan fingerprint density at radius 2 is 2.44 bits per heavy atom. The van der Waals surface area contributed by atoms with Crippen molar-refractivity contribution in [2.24, 2.45) is 0 Å². The van der Waals surface area contributed by atoms with Gasteiger partial charge in [-0.05, 0) is 30.8 Å². The number of hydrogen-bond donors (Lipinski definition) is 2. The van der Waals surface area contributed by atoms with Crippen LogP contribution in [0.3, 0.4) is 0 Å². The van der Waals surface area contributed by atoms with Gasteiger partial charge in [0.15, 0.2) is 16.6 Å². The number of rotatable bonds is 3. The molecule has 0 amide bonds. The molecule has 0 saturated carbocycles. The lowest BCUT2D eigenvalue weighted by molar-refractivity contribution is 0.102. The van der Waals surface area contributed by atoms with E-state index in [1.165, 1.54) is 18.0 Å². The van der Waals surface area contributed by atoms with Crippen molar-refractivity contribution in [3.05, 3.63) is 0 Å². The average Bonchev–Trinajstić information content (AvgIpc) is 2.94. The van der Waals surface area contributed by atoms with E-state index in [4.69, 9.17) is 15.2 Å². The third kappa shape index (κ3) is 1.53. The lowest BCUT2D eigenvalue weighted by Gasteiger charge is -2.20. The Balaban J connectivity index is 1.74. The number of nitrogens with two attached hydrogens (primary N) is 1. The second-order valence-electron chi connectivity index (χ2n) is 4.29. The first-order valence-corrected chi connectivity index (χ1v) is 6.26. The third-order valence-corrected chi connectivity index (χ3v) is 4.07. The van der Waals surface area contributed by atoms with Crippen LogP contribution < -0.4 is 15.8 Å². The highest BCUT2D eigenvalue weighted by molar-refractivity contribution is 7.11. The minimum absolute atomic E-state index is 0.345. The van der Waals surface area contributed by atoms with Crippen molar-refractivity contribution in [3.8, 4) is 5.75 Å². The second kappa shape index (κ2) is 3.78. The van der Waals surface area contributed by atoms with Gasteiger partial charge in [0.1, 0.15) is 0 Å². The lowest BCUT2D eigenvalue weighted by Crippen LogP contribution is -2.30. The van der Waals surface area contributed by atoms with Crippen LogP contribution in [0.1, 0.15) is 19.3 Å². The summed E-state index contributed by atoms with van der Waals surface area (Å²) >= 11 is 1.35. The number of fused-ring (bicyclic) bond motifs is 2. The standard InChI is InChI=1S/C10H15N3O2S/c1-14-8-9(11)13-16-10(8)12-6-4-5-2-3-7(6)15-5/h5-7,12H,2-4H2,1H3,(H2,11,13). The van der Waals surface area contributed by atoms with Gasteiger partial charge in [-0.3, -0.25) is 0 Å². The minimum Gasteiger partial charge on any atom is -0.490 e. The van der Waals surface area contributed by atoms with Crippen molar-refractivity contribution < 1.29 is 9.47 Å². The topological polar surface area (TPSA) is 69.4 Å². The Morgan fingerprint density at radius 1 is 1.56 bits per heavy atom. The van der Waals surface area contributed by atoms with E-state index in [9.17, 15) is 0 Å². The summed E-state index contributed by atoms with van der Waals surface area (Å²) in [5.74, 6) is 1.12. The van der Waals surface area contributed by atoms with Crippen molar-refractivity contribution in [2.75, 3.05) is 18.2 Å². The van der Waals surface area contributed by atoms with E-state index in [0.29, 0.717) is 29.8 Å². The van der Waals surface area contributed by atoms with Gasteiger partial charge in [-0.15, -0.1) is 0 Å². The molecule has 2 saturated heterocycles. The normalized spacial score (nSPS) is 31.9. The molecule has 2 aliphatic heterocycles. The molecule has 0 radical (unpaired) electrons. The first-order chi connectivity index (χ1) is 7.78. The molecule has 3 atom stereocenters. The fraction of sp³-hybridized carbons (Fsp3) is 0.700. The zero-order valence-electron chi connectivity index (χ0n) is 9.10. The van der Waals surface area contributed by atoms with Crippen LogP contribution in [0.2, 0.25) is 0 Å². The van der Waals surface area contributed by atoms with Crippen LogP contribution in [0.15, 0.2) is 0 Å². The van der Waals surface area contributed by atoms with Crippen LogP contribution in [0.25, 0.3) is 0 Å². The van der Waals surface area contributed by atoms with Gasteiger partial charge >= 0.3 is 0 Å². The molecule has 2 bridgehead atoms. The van der Waals surface area contributed by atoms with Crippen molar-refractivity contribution in [3.63, 3.8) is 0 Å². The number of methoxy groups -OCH3 is 1. The molecule has 16 heavy (non-hydrogen) atoms. The van der Waals surface area contributed by atoms with Crippen molar-refractivity contribution in [2.45, 2.75) is 37.5 Å². The summed E-state index contributed by atoms with van der Waals surface area (Å²) in [6, 6.07) is 0.382. The van der Waals surface area contributed by atoms with E-state index in [0.717, 1.165) is 17.8 Å². The maximum Gasteiger partial charge on any atom is 0.197 e. The maximum atomic E-state index is 5.79. The molecule has 0 aliphatic carbocycles. The van der Waals surface area contributed by atoms with Crippen LogP contribution in [-0.4, -0.2) is 29.7 Å². The molecule has 1 aromatic heterocycles. The molecule has 0 spiro atoms. The van der Waals surface area contributed by atoms with E-state index in [2.05, 4.69) is 9.69 Å². The van der Waals surface area contributed by atoms with Crippen molar-refractivity contribution in [1.29, 1.82) is 0 Å². The summed E-state index contributed by atoms with van der Waals surface area (Å²) in [4.78, 5) is 0. The van der Waals surface area contributed by atoms with Crippen LogP contribution in [0, 0.1) is 0 Å². The molecule has 0 aromatic carbocycles. The fourth-order valence-electron chi connectivity index (χ4n) is 2.54. The van der Waals surface area contributed by atoms with Gasteiger partial charge in [-0.2, -0.15) is 4.37 Å². The molecule has 2 fully saturated rings. The first kappa shape index (κ1) is 10.2. The number of nitrogens with one attached hydrogen (secondary N) is 1. The number of aromatic nitrogens is 1. The van der Waals surface area contributed by atoms with Crippen molar-refractivity contribution >= 4 is 22.4 Å². The van der Waals surface area contributed by atoms with E-state index >= 15 is 0 Å². The predicted octanol–water partition coefficient (Wildman–Crippen LogP) is 1.47. The number of ether oxygens (including phenoxy) is 2. The van der Waals surface area contributed by atoms with Gasteiger partial charge in [0.2, 0.25) is 0 Å². The van der Waals surface area contributed by atoms with Crippen molar-refractivity contribution in [1.82, 2.24) is 4.37 Å². The Morgan fingerprint density at radius 3 is 3.06 bits per heavy atom. The average molecular weight is 241 g/mol. The zero-order chi connectivity index (χ0) is 11.1. The summed E-state index contributed by atoms with van der Waals surface area (Å²) in [5, 5.41) is 4.36. The van der Waals surface area contributed by atoms with Gasteiger partial charge in [0.05, 0.1) is 25.4 Å². The summed E-state index contributed by atoms with van der Waals surface area (Å²) < 4.78 is 15.1. The lowest BCUT2D eigenvalue weighted by atomic mass is 9.96.